The third-order valence-electron chi connectivity index (χ3n) is 6.03. The molecule has 0 spiro atoms. The van der Waals surface area contributed by atoms with Crippen LogP contribution < -0.4 is 0 Å². The largest absolute Gasteiger partial charge is 0.340 e. The number of rotatable bonds is 5. The highest BCUT2D eigenvalue weighted by Gasteiger charge is 2.59. The smallest absolute Gasteiger partial charge is 0.244 e. The molecule has 2 aromatic rings. The van der Waals surface area contributed by atoms with Gasteiger partial charge in [-0.1, -0.05) is 5.16 Å². The minimum atomic E-state index is -3.34. The summed E-state index contributed by atoms with van der Waals surface area (Å²) in [6.07, 6.45) is 0. The van der Waals surface area contributed by atoms with Gasteiger partial charge in [-0.3, -0.25) is 9.48 Å². The number of aryl methyl sites for hydroxylation is 3. The molecule has 4 rings (SSSR count). The summed E-state index contributed by atoms with van der Waals surface area (Å²) in [5.74, 6) is 0.811. The molecule has 158 valence electrons. The average Bonchev–Trinajstić information content (AvgIpc) is 3.38. The van der Waals surface area contributed by atoms with Crippen LogP contribution in [0, 0.1) is 26.7 Å². The number of aromatic nitrogens is 4. The Morgan fingerprint density at radius 1 is 1.28 bits per heavy atom. The van der Waals surface area contributed by atoms with E-state index < -0.39 is 15.4 Å². The molecule has 2 aliphatic heterocycles. The van der Waals surface area contributed by atoms with Crippen LogP contribution in [0.15, 0.2) is 10.6 Å². The Morgan fingerprint density at radius 3 is 2.62 bits per heavy atom. The highest BCUT2D eigenvalue weighted by atomic mass is 32.2. The molecule has 0 bridgehead atoms. The van der Waals surface area contributed by atoms with E-state index >= 15 is 0 Å². The van der Waals surface area contributed by atoms with E-state index in [9.17, 15) is 13.2 Å². The van der Waals surface area contributed by atoms with Crippen LogP contribution >= 0.6 is 0 Å². The maximum Gasteiger partial charge on any atom is 0.244 e. The Hall–Kier alpha value is -2.27. The topological polar surface area (TPSA) is 114 Å². The van der Waals surface area contributed by atoms with Crippen molar-refractivity contribution < 1.29 is 17.7 Å². The molecule has 2 atom stereocenters. The van der Waals surface area contributed by atoms with Crippen LogP contribution in [0.4, 0.5) is 0 Å². The van der Waals surface area contributed by atoms with Crippen molar-refractivity contribution in [2.45, 2.75) is 39.7 Å². The number of fused-ring (bicyclic) bond motifs is 1. The van der Waals surface area contributed by atoms with Gasteiger partial charge in [0.05, 0.1) is 16.9 Å². The van der Waals surface area contributed by atoms with Crippen LogP contribution in [0.25, 0.3) is 0 Å². The van der Waals surface area contributed by atoms with Gasteiger partial charge in [-0.15, -0.1) is 0 Å². The fraction of sp³-hybridized carbons (Fsp3) is 0.667. The first-order valence-electron chi connectivity index (χ1n) is 9.72. The zero-order chi connectivity index (χ0) is 21.0. The predicted octanol–water partition coefficient (Wildman–Crippen LogP) is 0.253. The molecule has 0 unspecified atom stereocenters. The zero-order valence-electron chi connectivity index (χ0n) is 17.1. The van der Waals surface area contributed by atoms with Gasteiger partial charge in [0.2, 0.25) is 21.8 Å². The van der Waals surface area contributed by atoms with Crippen LogP contribution in [0.2, 0.25) is 0 Å². The lowest BCUT2D eigenvalue weighted by atomic mass is 9.81. The minimum Gasteiger partial charge on any atom is -0.340 e. The first-order valence-corrected chi connectivity index (χ1v) is 11.3. The molecule has 0 aliphatic carbocycles. The van der Waals surface area contributed by atoms with Crippen molar-refractivity contribution in [2.24, 2.45) is 5.92 Å². The van der Waals surface area contributed by atoms with E-state index in [4.69, 9.17) is 4.52 Å². The Bertz CT molecular complexity index is 1040. The molecule has 11 heteroatoms. The summed E-state index contributed by atoms with van der Waals surface area (Å²) in [7, 11) is -3.34. The molecule has 10 nitrogen and oxygen atoms in total. The zero-order valence-corrected chi connectivity index (χ0v) is 17.9. The Morgan fingerprint density at radius 2 is 2.03 bits per heavy atom. The summed E-state index contributed by atoms with van der Waals surface area (Å²) in [6.45, 7) is 8.74. The average molecular weight is 423 g/mol. The van der Waals surface area contributed by atoms with Crippen molar-refractivity contribution >= 4 is 15.9 Å². The predicted molar refractivity (Wildman–Crippen MR) is 104 cm³/mol. The van der Waals surface area contributed by atoms with Gasteiger partial charge in [0.25, 0.3) is 0 Å². The molecule has 0 N–H and O–H groups in total. The van der Waals surface area contributed by atoms with Crippen LogP contribution in [0.1, 0.15) is 30.0 Å². The number of hydrogen-bond acceptors (Lipinski definition) is 7. The molecular formula is C18H26N6O4S. The van der Waals surface area contributed by atoms with Crippen molar-refractivity contribution in [3.8, 4) is 0 Å². The van der Waals surface area contributed by atoms with E-state index in [1.54, 1.807) is 23.4 Å². The van der Waals surface area contributed by atoms with E-state index in [0.717, 1.165) is 11.4 Å². The summed E-state index contributed by atoms with van der Waals surface area (Å²) >= 11 is 0. The van der Waals surface area contributed by atoms with Gasteiger partial charge in [-0.2, -0.15) is 10.1 Å². The van der Waals surface area contributed by atoms with Gasteiger partial charge in [-0.25, -0.2) is 12.7 Å². The molecule has 2 aliphatic rings. The maximum absolute atomic E-state index is 13.0. The lowest BCUT2D eigenvalue weighted by Crippen LogP contribution is -2.42. The summed E-state index contributed by atoms with van der Waals surface area (Å²) in [6, 6.07) is 1.93. The normalized spacial score (nSPS) is 25.0. The SMILES string of the molecule is CCS(=O)(=O)N1C[C@@H]2CN(C(=O)Cn3nc(C)cc3C)C[C@]2(c2nc(C)no2)C1. The van der Waals surface area contributed by atoms with Gasteiger partial charge in [0, 0.05) is 37.8 Å². The van der Waals surface area contributed by atoms with Crippen LogP contribution in [0.3, 0.4) is 0 Å². The van der Waals surface area contributed by atoms with Gasteiger partial charge < -0.3 is 9.42 Å². The molecular weight excluding hydrogens is 396 g/mol. The van der Waals surface area contributed by atoms with Crippen molar-refractivity contribution in [1.82, 2.24) is 29.1 Å². The number of sulfonamides is 1. The number of amides is 1. The summed E-state index contributed by atoms with van der Waals surface area (Å²) in [5.41, 5.74) is 1.12. The molecule has 2 fully saturated rings. The minimum absolute atomic E-state index is 0.0409. The highest BCUT2D eigenvalue weighted by molar-refractivity contribution is 7.89. The Kier molecular flexibility index (Phi) is 4.77. The van der Waals surface area contributed by atoms with E-state index in [2.05, 4.69) is 15.2 Å². The number of likely N-dealkylation sites (tertiary alicyclic amines) is 1. The third-order valence-corrected chi connectivity index (χ3v) is 7.83. The van der Waals surface area contributed by atoms with Gasteiger partial charge in [0.15, 0.2) is 5.82 Å². The molecule has 0 aromatic carbocycles. The Labute approximate surface area is 169 Å². The van der Waals surface area contributed by atoms with Gasteiger partial charge >= 0.3 is 0 Å². The van der Waals surface area contributed by atoms with Gasteiger partial charge in [0.1, 0.15) is 6.54 Å². The highest BCUT2D eigenvalue weighted by Crippen LogP contribution is 2.45. The van der Waals surface area contributed by atoms with Crippen molar-refractivity contribution in [1.29, 1.82) is 0 Å². The maximum atomic E-state index is 13.0. The molecule has 29 heavy (non-hydrogen) atoms. The van der Waals surface area contributed by atoms with E-state index in [1.807, 2.05) is 19.9 Å². The monoisotopic (exact) mass is 422 g/mol. The molecule has 1 amide bonds. The molecule has 0 saturated carbocycles. The first-order chi connectivity index (χ1) is 13.6. The fourth-order valence-electron chi connectivity index (χ4n) is 4.47. The lowest BCUT2D eigenvalue weighted by molar-refractivity contribution is -0.131. The number of carbonyl (C=O) groups is 1. The fourth-order valence-corrected chi connectivity index (χ4v) is 5.67. The third kappa shape index (κ3) is 3.35. The second-order valence-electron chi connectivity index (χ2n) is 8.05. The van der Waals surface area contributed by atoms with E-state index in [1.165, 1.54) is 4.31 Å². The van der Waals surface area contributed by atoms with Crippen molar-refractivity contribution in [2.75, 3.05) is 31.9 Å². The van der Waals surface area contributed by atoms with Crippen molar-refractivity contribution in [3.63, 3.8) is 0 Å². The van der Waals surface area contributed by atoms with Crippen LogP contribution in [0.5, 0.6) is 0 Å². The van der Waals surface area contributed by atoms with Gasteiger partial charge in [-0.05, 0) is 33.8 Å². The molecule has 0 radical (unpaired) electrons. The summed E-state index contributed by atoms with van der Waals surface area (Å²) in [5, 5.41) is 8.27. The van der Waals surface area contributed by atoms with Crippen LogP contribution in [-0.2, 0) is 26.8 Å². The Balaban J connectivity index is 1.60. The second-order valence-corrected chi connectivity index (χ2v) is 10.3. The standard InChI is InChI=1S/C18H26N6O4S/c1-5-29(26,27)23-8-15-7-22(16(25)9-24-13(3)6-12(2)20-24)10-18(15,11-23)17-19-14(4)21-28-17/h6,15H,5,7-11H2,1-4H3/t15-,18-/m0/s1. The molecule has 4 heterocycles. The number of nitrogens with zero attached hydrogens (tertiary/aromatic N) is 6. The summed E-state index contributed by atoms with van der Waals surface area (Å²) < 4.78 is 33.6. The molecule has 2 aromatic heterocycles. The second kappa shape index (κ2) is 6.91. The number of carbonyl (C=O) groups excluding carboxylic acids is 1. The van der Waals surface area contributed by atoms with E-state index in [-0.39, 0.29) is 30.7 Å². The summed E-state index contributed by atoms with van der Waals surface area (Å²) in [4.78, 5) is 19.2. The lowest BCUT2D eigenvalue weighted by Gasteiger charge is -2.25. The molecule has 2 saturated heterocycles. The first kappa shape index (κ1) is 20.0. The van der Waals surface area contributed by atoms with Crippen molar-refractivity contribution in [3.05, 3.63) is 29.2 Å². The quantitative estimate of drug-likeness (QED) is 0.678. The number of hydrogen-bond donors (Lipinski definition) is 0. The van der Waals surface area contributed by atoms with E-state index in [0.29, 0.717) is 31.3 Å². The van der Waals surface area contributed by atoms with Crippen LogP contribution in [-0.4, -0.2) is 75.4 Å².